The van der Waals surface area contributed by atoms with E-state index in [0.29, 0.717) is 12.8 Å². The molecule has 4 aliphatic carbocycles. The van der Waals surface area contributed by atoms with E-state index in [1.807, 2.05) is 6.08 Å². The molecule has 2 saturated carbocycles. The van der Waals surface area contributed by atoms with Gasteiger partial charge in [-0.1, -0.05) is 38.2 Å². The lowest BCUT2D eigenvalue weighted by atomic mass is 9.72. The summed E-state index contributed by atoms with van der Waals surface area (Å²) in [6.07, 6.45) is -7.67. The summed E-state index contributed by atoms with van der Waals surface area (Å²) in [5.74, 6) is -5.82. The Morgan fingerprint density at radius 3 is 1.27 bits per heavy atom. The first-order chi connectivity index (χ1) is 19.6. The minimum Gasteiger partial charge on any atom is -0.397 e. The van der Waals surface area contributed by atoms with E-state index < -0.39 is 75.3 Å². The first kappa shape index (κ1) is 40.3. The Morgan fingerprint density at radius 2 is 1.00 bits per heavy atom. The van der Waals surface area contributed by atoms with Crippen molar-refractivity contribution in [1.82, 2.24) is 0 Å². The Labute approximate surface area is 245 Å². The predicted molar refractivity (Wildman–Crippen MR) is 131 cm³/mol. The molecule has 2 nitrogen and oxygen atoms in total. The van der Waals surface area contributed by atoms with Crippen LogP contribution >= 0.6 is 0 Å². The molecule has 8 atom stereocenters. The summed E-state index contributed by atoms with van der Waals surface area (Å²) < 4.78 is 182. The highest BCUT2D eigenvalue weighted by Gasteiger charge is 2.79. The molecule has 2 fully saturated rings. The van der Waals surface area contributed by atoms with Crippen LogP contribution in [0.15, 0.2) is 24.3 Å². The number of Topliss-reactive ketones (excluding diaryl/α,β-unsaturated/α-hetero) is 1. The molecule has 0 radical (unpaired) electrons. The maximum absolute atomic E-state index is 13.7. The SMILES string of the molecule is CC1C2C=CC(C2)C1C(=O)C(F)(F)F.CC1C2C=CC(C2)C1C(O[Si](C)(C)C)(C(F)(F)F)C(F)(F)F.FC(F)F.FC(F)F. The number of rotatable bonds is 4. The van der Waals surface area contributed by atoms with E-state index in [2.05, 4.69) is 0 Å². The van der Waals surface area contributed by atoms with E-state index in [4.69, 9.17) is 4.43 Å². The van der Waals surface area contributed by atoms with Crippen molar-refractivity contribution in [1.29, 1.82) is 0 Å². The summed E-state index contributed by atoms with van der Waals surface area (Å²) in [6.45, 7) is -0.0616. The van der Waals surface area contributed by atoms with Gasteiger partial charge >= 0.3 is 31.9 Å². The van der Waals surface area contributed by atoms with Gasteiger partial charge in [0.05, 0.1) is 0 Å². The largest absolute Gasteiger partial charge is 0.450 e. The van der Waals surface area contributed by atoms with Crippen molar-refractivity contribution in [3.8, 4) is 0 Å². The second kappa shape index (κ2) is 14.4. The fraction of sp³-hybridized carbons (Fsp3) is 0.808. The minimum atomic E-state index is -5.50. The van der Waals surface area contributed by atoms with E-state index in [9.17, 15) is 70.7 Å². The van der Waals surface area contributed by atoms with Gasteiger partial charge in [0, 0.05) is 11.8 Å². The molecule has 0 aromatic heterocycles. The van der Waals surface area contributed by atoms with Crippen molar-refractivity contribution in [3.63, 3.8) is 0 Å². The van der Waals surface area contributed by atoms with Gasteiger partial charge in [-0.3, -0.25) is 4.79 Å². The lowest BCUT2D eigenvalue weighted by Gasteiger charge is -2.48. The number of alkyl halides is 15. The number of allylic oxidation sites excluding steroid dienone is 4. The van der Waals surface area contributed by atoms with Gasteiger partial charge < -0.3 is 4.43 Å². The molecule has 4 bridgehead atoms. The summed E-state index contributed by atoms with van der Waals surface area (Å²) in [4.78, 5) is 11.1. The average Bonchev–Trinajstić information content (AvgIpc) is 3.55. The van der Waals surface area contributed by atoms with E-state index in [1.165, 1.54) is 32.6 Å². The zero-order chi connectivity index (χ0) is 34.8. The van der Waals surface area contributed by atoms with Crippen LogP contribution in [0.5, 0.6) is 0 Å². The van der Waals surface area contributed by atoms with Gasteiger partial charge in [0.15, 0.2) is 8.32 Å². The zero-order valence-corrected chi connectivity index (χ0v) is 25.0. The van der Waals surface area contributed by atoms with Crippen LogP contribution in [0.4, 0.5) is 65.9 Å². The lowest BCUT2D eigenvalue weighted by molar-refractivity contribution is -0.382. The molecular formula is C26H33F15O2Si. The van der Waals surface area contributed by atoms with E-state index in [0.717, 1.165) is 0 Å². The molecule has 0 amide bonds. The predicted octanol–water partition coefficient (Wildman–Crippen LogP) is 10.1. The van der Waals surface area contributed by atoms with Gasteiger partial charge in [-0.25, -0.2) is 0 Å². The molecule has 0 aromatic rings. The summed E-state index contributed by atoms with van der Waals surface area (Å²) in [5, 5.41) is 0. The normalized spacial score (nSPS) is 31.0. The van der Waals surface area contributed by atoms with Crippen LogP contribution in [-0.2, 0) is 9.22 Å². The van der Waals surface area contributed by atoms with E-state index >= 15 is 0 Å². The van der Waals surface area contributed by atoms with Crippen LogP contribution in [0.3, 0.4) is 0 Å². The molecule has 0 heterocycles. The number of fused-ring (bicyclic) bond motifs is 4. The third kappa shape index (κ3) is 9.64. The number of ketones is 1. The van der Waals surface area contributed by atoms with Crippen molar-refractivity contribution in [2.24, 2.45) is 47.3 Å². The van der Waals surface area contributed by atoms with Crippen molar-refractivity contribution in [2.45, 2.75) is 83.8 Å². The van der Waals surface area contributed by atoms with Gasteiger partial charge in [-0.05, 0) is 68.0 Å². The fourth-order valence-electron chi connectivity index (χ4n) is 6.64. The van der Waals surface area contributed by atoms with Crippen LogP contribution in [0.2, 0.25) is 19.6 Å². The maximum atomic E-state index is 13.7. The highest BCUT2D eigenvalue weighted by Crippen LogP contribution is 2.62. The van der Waals surface area contributed by atoms with Gasteiger partial charge in [0.1, 0.15) is 0 Å². The number of carbonyl (C=O) groups excluding carboxylic acids is 1. The van der Waals surface area contributed by atoms with Crippen LogP contribution in [-0.4, -0.2) is 51.6 Å². The van der Waals surface area contributed by atoms with Gasteiger partial charge in [-0.15, -0.1) is 0 Å². The van der Waals surface area contributed by atoms with Crippen LogP contribution in [0.1, 0.15) is 26.7 Å². The van der Waals surface area contributed by atoms with Gasteiger partial charge in [0.25, 0.3) is 5.60 Å². The number of hydrogen-bond donors (Lipinski definition) is 0. The monoisotopic (exact) mass is 690 g/mol. The smallest absolute Gasteiger partial charge is 0.397 e. The quantitative estimate of drug-likeness (QED) is 0.167. The summed E-state index contributed by atoms with van der Waals surface area (Å²) in [7, 11) is -3.10. The molecule has 0 aromatic carbocycles. The summed E-state index contributed by atoms with van der Waals surface area (Å²) in [6, 6.07) is 0. The van der Waals surface area contributed by atoms with Crippen LogP contribution < -0.4 is 0 Å². The first-order valence-corrected chi connectivity index (χ1v) is 16.6. The number of halogens is 15. The second-order valence-electron chi connectivity index (χ2n) is 12.0. The Morgan fingerprint density at radius 1 is 0.659 bits per heavy atom. The van der Waals surface area contributed by atoms with Crippen LogP contribution in [0, 0.1) is 47.3 Å². The standard InChI is InChI=1S/C14H20F6OSi.C10H11F3O.2CHF3/c1-8-9-5-6-10(7-9)11(8)12(13(15,16)17,14(18,19)20)21-22(2,3)4;1-5-6-2-3-7(4-6)8(5)9(14)10(11,12)13;2*2-1(3)4/h5-6,8-11H,7H2,1-4H3;2-3,5-8H,4H2,1H3;2*1H. The molecule has 44 heavy (non-hydrogen) atoms. The van der Waals surface area contributed by atoms with Crippen molar-refractivity contribution in [3.05, 3.63) is 24.3 Å². The fourth-order valence-corrected chi connectivity index (χ4v) is 7.97. The first-order valence-electron chi connectivity index (χ1n) is 13.2. The van der Waals surface area contributed by atoms with E-state index in [1.54, 1.807) is 19.1 Å². The highest BCUT2D eigenvalue weighted by molar-refractivity contribution is 6.69. The maximum Gasteiger partial charge on any atom is 0.450 e. The number of hydrogen-bond acceptors (Lipinski definition) is 2. The molecule has 0 aliphatic heterocycles. The molecule has 4 aliphatic rings. The topological polar surface area (TPSA) is 26.3 Å². The molecular weight excluding hydrogens is 657 g/mol. The molecule has 4 rings (SSSR count). The van der Waals surface area contributed by atoms with E-state index in [-0.39, 0.29) is 23.7 Å². The van der Waals surface area contributed by atoms with Gasteiger partial charge in [0.2, 0.25) is 5.78 Å². The molecule has 0 spiro atoms. The summed E-state index contributed by atoms with van der Waals surface area (Å²) >= 11 is 0. The Hall–Kier alpha value is -1.72. The molecule has 18 heteroatoms. The highest BCUT2D eigenvalue weighted by atomic mass is 28.4. The zero-order valence-electron chi connectivity index (χ0n) is 24.0. The Balaban J connectivity index is 0.000000373. The Kier molecular flexibility index (Phi) is 13.2. The Bertz CT molecular complexity index is 972. The van der Waals surface area contributed by atoms with Crippen molar-refractivity contribution < 1.29 is 75.1 Å². The minimum absolute atomic E-state index is 0.154. The van der Waals surface area contributed by atoms with Gasteiger partial charge in [-0.2, -0.15) is 65.9 Å². The molecule has 8 unspecified atom stereocenters. The van der Waals surface area contributed by atoms with Crippen molar-refractivity contribution in [2.75, 3.05) is 0 Å². The third-order valence-electron chi connectivity index (χ3n) is 8.07. The van der Waals surface area contributed by atoms with Crippen molar-refractivity contribution >= 4 is 14.1 Å². The average molecular weight is 691 g/mol. The summed E-state index contributed by atoms with van der Waals surface area (Å²) in [5.41, 5.74) is -4.08. The molecule has 0 N–H and O–H groups in total. The third-order valence-corrected chi connectivity index (χ3v) is 9.00. The second-order valence-corrected chi connectivity index (χ2v) is 16.4. The number of carbonyl (C=O) groups is 1. The van der Waals surface area contributed by atoms with Crippen LogP contribution in [0.25, 0.3) is 0 Å². The molecule has 258 valence electrons. The lowest BCUT2D eigenvalue weighted by Crippen LogP contribution is -2.68. The molecule has 0 saturated heterocycles.